The molecule has 2 rings (SSSR count). The fraction of sp³-hybridized carbons (Fsp3) is 0.267. The normalized spacial score (nSPS) is 10.4. The van der Waals surface area contributed by atoms with Crippen molar-refractivity contribution in [2.75, 3.05) is 0 Å². The number of unbranched alkanes of at least 4 members (excludes halogenated alkanes) is 1. The fourth-order valence-electron chi connectivity index (χ4n) is 1.87. The zero-order chi connectivity index (χ0) is 11.9. The highest BCUT2D eigenvalue weighted by atomic mass is 16.3. The number of pyridine rings is 1. The largest absolute Gasteiger partial charge is 0.508 e. The second-order valence-electron chi connectivity index (χ2n) is 4.23. The predicted octanol–water partition coefficient (Wildman–Crippen LogP) is 3.35. The lowest BCUT2D eigenvalue weighted by molar-refractivity contribution is 0.475. The van der Waals surface area contributed by atoms with Crippen LogP contribution < -0.4 is 0 Å². The number of phenolic OH excluding ortho intramolecular Hbond substituents is 1. The highest BCUT2D eigenvalue weighted by Crippen LogP contribution is 2.12. The molecule has 2 aromatic rings. The van der Waals surface area contributed by atoms with Gasteiger partial charge in [0.05, 0.1) is 0 Å². The monoisotopic (exact) mass is 227 g/mol. The fourth-order valence-corrected chi connectivity index (χ4v) is 1.87. The Morgan fingerprint density at radius 3 is 1.88 bits per heavy atom. The molecule has 0 saturated carbocycles. The van der Waals surface area contributed by atoms with Crippen molar-refractivity contribution in [1.82, 2.24) is 4.98 Å². The molecule has 0 aliphatic heterocycles. The maximum atomic E-state index is 9.17. The van der Waals surface area contributed by atoms with Gasteiger partial charge in [-0.05, 0) is 61.1 Å². The molecular formula is C15H17NO. The van der Waals surface area contributed by atoms with E-state index in [2.05, 4.69) is 17.1 Å². The van der Waals surface area contributed by atoms with Crippen LogP contribution in [-0.4, -0.2) is 10.1 Å². The first-order valence-electron chi connectivity index (χ1n) is 6.01. The molecule has 1 N–H and O–H groups in total. The molecule has 2 nitrogen and oxygen atoms in total. The van der Waals surface area contributed by atoms with Crippen LogP contribution >= 0.6 is 0 Å². The molecule has 0 fully saturated rings. The molecule has 17 heavy (non-hydrogen) atoms. The summed E-state index contributed by atoms with van der Waals surface area (Å²) in [5.41, 5.74) is 2.64. The molecule has 0 saturated heterocycles. The van der Waals surface area contributed by atoms with Crippen LogP contribution in [0.4, 0.5) is 0 Å². The van der Waals surface area contributed by atoms with Gasteiger partial charge in [-0.2, -0.15) is 0 Å². The molecule has 0 aliphatic carbocycles. The standard InChI is InChI=1S/C15H17NO/c17-15-7-5-13(6-8-15)3-1-2-4-14-9-11-16-12-10-14/h5-12,17H,1-4H2. The smallest absolute Gasteiger partial charge is 0.115 e. The van der Waals surface area contributed by atoms with Gasteiger partial charge in [0.1, 0.15) is 5.75 Å². The minimum Gasteiger partial charge on any atom is -0.508 e. The van der Waals surface area contributed by atoms with Crippen LogP contribution in [-0.2, 0) is 12.8 Å². The molecule has 88 valence electrons. The van der Waals surface area contributed by atoms with Crippen molar-refractivity contribution in [2.45, 2.75) is 25.7 Å². The number of aromatic hydroxyl groups is 1. The van der Waals surface area contributed by atoms with Crippen molar-refractivity contribution in [3.63, 3.8) is 0 Å². The van der Waals surface area contributed by atoms with E-state index in [0.29, 0.717) is 5.75 Å². The van der Waals surface area contributed by atoms with Crippen molar-refractivity contribution in [1.29, 1.82) is 0 Å². The molecule has 0 aliphatic rings. The van der Waals surface area contributed by atoms with Gasteiger partial charge in [0, 0.05) is 12.4 Å². The maximum absolute atomic E-state index is 9.17. The molecule has 2 heteroatoms. The van der Waals surface area contributed by atoms with Crippen LogP contribution in [0.25, 0.3) is 0 Å². The Balaban J connectivity index is 1.71. The Labute approximate surface area is 102 Å². The lowest BCUT2D eigenvalue weighted by Gasteiger charge is -2.02. The maximum Gasteiger partial charge on any atom is 0.115 e. The number of nitrogens with zero attached hydrogens (tertiary/aromatic N) is 1. The molecule has 0 spiro atoms. The lowest BCUT2D eigenvalue weighted by Crippen LogP contribution is -1.89. The lowest BCUT2D eigenvalue weighted by atomic mass is 10.0. The zero-order valence-electron chi connectivity index (χ0n) is 9.84. The summed E-state index contributed by atoms with van der Waals surface area (Å²) in [6, 6.07) is 11.6. The summed E-state index contributed by atoms with van der Waals surface area (Å²) in [5.74, 6) is 0.338. The number of rotatable bonds is 5. The predicted molar refractivity (Wildman–Crippen MR) is 69.0 cm³/mol. The summed E-state index contributed by atoms with van der Waals surface area (Å²) in [7, 11) is 0. The van der Waals surface area contributed by atoms with E-state index >= 15 is 0 Å². The summed E-state index contributed by atoms with van der Waals surface area (Å²) in [6.45, 7) is 0. The second-order valence-corrected chi connectivity index (χ2v) is 4.23. The summed E-state index contributed by atoms with van der Waals surface area (Å²) >= 11 is 0. The minimum atomic E-state index is 0.338. The van der Waals surface area contributed by atoms with E-state index in [9.17, 15) is 5.11 Å². The van der Waals surface area contributed by atoms with Crippen molar-refractivity contribution in [3.8, 4) is 5.75 Å². The van der Waals surface area contributed by atoms with Gasteiger partial charge in [0.15, 0.2) is 0 Å². The average Bonchev–Trinajstić information content (AvgIpc) is 2.38. The summed E-state index contributed by atoms with van der Waals surface area (Å²) in [4.78, 5) is 4.01. The van der Waals surface area contributed by atoms with Gasteiger partial charge in [-0.25, -0.2) is 0 Å². The third-order valence-electron chi connectivity index (χ3n) is 2.87. The Hall–Kier alpha value is -1.83. The number of hydrogen-bond donors (Lipinski definition) is 1. The quantitative estimate of drug-likeness (QED) is 0.794. The topological polar surface area (TPSA) is 33.1 Å². The average molecular weight is 227 g/mol. The van der Waals surface area contributed by atoms with Crippen LogP contribution in [0, 0.1) is 0 Å². The molecule has 1 heterocycles. The van der Waals surface area contributed by atoms with E-state index in [4.69, 9.17) is 0 Å². The van der Waals surface area contributed by atoms with Gasteiger partial charge in [0.2, 0.25) is 0 Å². The second kappa shape index (κ2) is 6.04. The van der Waals surface area contributed by atoms with Crippen LogP contribution in [0.1, 0.15) is 24.0 Å². The first kappa shape index (κ1) is 11.6. The Morgan fingerprint density at radius 2 is 1.29 bits per heavy atom. The van der Waals surface area contributed by atoms with Gasteiger partial charge in [0.25, 0.3) is 0 Å². The van der Waals surface area contributed by atoms with Crippen LogP contribution in [0.15, 0.2) is 48.8 Å². The Bertz CT molecular complexity index is 436. The van der Waals surface area contributed by atoms with E-state index in [1.165, 1.54) is 24.0 Å². The SMILES string of the molecule is Oc1ccc(CCCCc2ccncc2)cc1. The molecule has 0 unspecified atom stereocenters. The molecule has 0 radical (unpaired) electrons. The van der Waals surface area contributed by atoms with E-state index in [0.717, 1.165) is 12.8 Å². The van der Waals surface area contributed by atoms with E-state index in [-0.39, 0.29) is 0 Å². The third kappa shape index (κ3) is 3.91. The van der Waals surface area contributed by atoms with Crippen molar-refractivity contribution in [2.24, 2.45) is 0 Å². The van der Waals surface area contributed by atoms with Gasteiger partial charge in [-0.3, -0.25) is 4.98 Å². The van der Waals surface area contributed by atoms with Crippen LogP contribution in [0.5, 0.6) is 5.75 Å². The Kier molecular flexibility index (Phi) is 4.14. The number of aryl methyl sites for hydroxylation is 2. The highest BCUT2D eigenvalue weighted by molar-refractivity contribution is 5.25. The van der Waals surface area contributed by atoms with Gasteiger partial charge in [-0.15, -0.1) is 0 Å². The van der Waals surface area contributed by atoms with Crippen LogP contribution in [0.3, 0.4) is 0 Å². The molecule has 1 aromatic heterocycles. The van der Waals surface area contributed by atoms with E-state index < -0.39 is 0 Å². The number of aromatic nitrogens is 1. The first-order valence-corrected chi connectivity index (χ1v) is 6.01. The number of benzene rings is 1. The Morgan fingerprint density at radius 1 is 0.765 bits per heavy atom. The van der Waals surface area contributed by atoms with Crippen molar-refractivity contribution < 1.29 is 5.11 Å². The molecule has 0 bridgehead atoms. The minimum absolute atomic E-state index is 0.338. The third-order valence-corrected chi connectivity index (χ3v) is 2.87. The van der Waals surface area contributed by atoms with E-state index in [1.807, 2.05) is 24.5 Å². The van der Waals surface area contributed by atoms with Gasteiger partial charge in [-0.1, -0.05) is 12.1 Å². The van der Waals surface area contributed by atoms with Crippen LogP contribution in [0.2, 0.25) is 0 Å². The molecule has 0 atom stereocenters. The zero-order valence-corrected chi connectivity index (χ0v) is 9.84. The van der Waals surface area contributed by atoms with Gasteiger partial charge >= 0.3 is 0 Å². The summed E-state index contributed by atoms with van der Waals surface area (Å²) in [6.07, 6.45) is 8.23. The van der Waals surface area contributed by atoms with Gasteiger partial charge < -0.3 is 5.11 Å². The molecule has 0 amide bonds. The number of hydrogen-bond acceptors (Lipinski definition) is 2. The van der Waals surface area contributed by atoms with Crippen molar-refractivity contribution >= 4 is 0 Å². The summed E-state index contributed by atoms with van der Waals surface area (Å²) in [5, 5.41) is 9.17. The molecule has 1 aromatic carbocycles. The summed E-state index contributed by atoms with van der Waals surface area (Å²) < 4.78 is 0. The van der Waals surface area contributed by atoms with Crippen molar-refractivity contribution in [3.05, 3.63) is 59.9 Å². The first-order chi connectivity index (χ1) is 8.34. The van der Waals surface area contributed by atoms with E-state index in [1.54, 1.807) is 12.1 Å². The molecular weight excluding hydrogens is 210 g/mol. The number of phenols is 1. The highest BCUT2D eigenvalue weighted by Gasteiger charge is 1.95.